The number of carbonyl (C=O) groups is 1. The zero-order valence-electron chi connectivity index (χ0n) is 21.1. The van der Waals surface area contributed by atoms with Gasteiger partial charge in [0.1, 0.15) is 11.9 Å². The first-order chi connectivity index (χ1) is 16.9. The molecule has 3 heterocycles. The lowest BCUT2D eigenvalue weighted by molar-refractivity contribution is 0.0997. The van der Waals surface area contributed by atoms with Crippen LogP contribution in [0.3, 0.4) is 0 Å². The van der Waals surface area contributed by atoms with E-state index >= 15 is 0 Å². The van der Waals surface area contributed by atoms with Crippen molar-refractivity contribution in [3.63, 3.8) is 0 Å². The smallest absolute Gasteiger partial charge is 0.166 e. The van der Waals surface area contributed by atoms with E-state index in [9.17, 15) is 4.79 Å². The number of aldehydes is 1. The minimum absolute atomic E-state index is 0.0207. The summed E-state index contributed by atoms with van der Waals surface area (Å²) in [5.41, 5.74) is 5.11. The lowest BCUT2D eigenvalue weighted by Crippen LogP contribution is -2.60. The van der Waals surface area contributed by atoms with E-state index in [0.29, 0.717) is 11.7 Å². The van der Waals surface area contributed by atoms with Gasteiger partial charge in [-0.25, -0.2) is 0 Å². The number of hydrogen-bond acceptors (Lipinski definition) is 6. The van der Waals surface area contributed by atoms with E-state index in [2.05, 4.69) is 81.8 Å². The Morgan fingerprint density at radius 2 is 1.91 bits per heavy atom. The van der Waals surface area contributed by atoms with Gasteiger partial charge < -0.3 is 24.7 Å². The van der Waals surface area contributed by atoms with Crippen molar-refractivity contribution in [1.29, 1.82) is 0 Å². The number of H-pyrrole nitrogens is 1. The molecule has 190 valence electrons. The second-order valence-corrected chi connectivity index (χ2v) is 9.93. The number of ether oxygens (including phenoxy) is 2. The van der Waals surface area contributed by atoms with Crippen LogP contribution in [0, 0.1) is 0 Å². The van der Waals surface area contributed by atoms with Crippen LogP contribution in [0.1, 0.15) is 65.6 Å². The number of halogens is 1. The molecular formula is C27H37BrN4O3. The number of nitrogens with one attached hydrogen (secondary N) is 3. The molecule has 3 N–H and O–H groups in total. The normalized spacial score (nSPS) is 22.1. The Kier molecular flexibility index (Phi) is 9.35. The zero-order chi connectivity index (χ0) is 25.6. The molecule has 35 heavy (non-hydrogen) atoms. The lowest BCUT2D eigenvalue weighted by atomic mass is 9.90. The number of piperidine rings is 1. The quantitative estimate of drug-likeness (QED) is 0.342. The van der Waals surface area contributed by atoms with Crippen LogP contribution in [0.5, 0.6) is 0 Å². The molecule has 2 aliphatic heterocycles. The minimum Gasteiger partial charge on any atom is -0.496 e. The van der Waals surface area contributed by atoms with Gasteiger partial charge in [-0.3, -0.25) is 10.1 Å². The predicted molar refractivity (Wildman–Crippen MR) is 146 cm³/mol. The Morgan fingerprint density at radius 3 is 2.54 bits per heavy atom. The van der Waals surface area contributed by atoms with Gasteiger partial charge in [0.25, 0.3) is 0 Å². The highest BCUT2D eigenvalue weighted by atomic mass is 79.9. The number of aromatic amines is 1. The average molecular weight is 546 g/mol. The van der Waals surface area contributed by atoms with Crippen molar-refractivity contribution < 1.29 is 14.3 Å². The van der Waals surface area contributed by atoms with Crippen molar-refractivity contribution in [1.82, 2.24) is 15.2 Å². The number of fused-ring (bicyclic) bond motifs is 2. The number of anilines is 1. The maximum absolute atomic E-state index is 10.7. The van der Waals surface area contributed by atoms with E-state index in [1.54, 1.807) is 20.3 Å². The topological polar surface area (TPSA) is 78.6 Å². The number of rotatable bonds is 3. The fourth-order valence-electron chi connectivity index (χ4n) is 4.92. The molecule has 1 aliphatic carbocycles. The highest BCUT2D eigenvalue weighted by molar-refractivity contribution is 9.10. The first kappa shape index (κ1) is 27.2. The zero-order valence-corrected chi connectivity index (χ0v) is 22.7. The molecule has 7 nitrogen and oxygen atoms in total. The van der Waals surface area contributed by atoms with Crippen LogP contribution in [0.25, 0.3) is 5.76 Å². The van der Waals surface area contributed by atoms with E-state index < -0.39 is 0 Å². The summed E-state index contributed by atoms with van der Waals surface area (Å²) in [6.45, 7) is 10.6. The van der Waals surface area contributed by atoms with Crippen molar-refractivity contribution in [3.05, 3.63) is 70.5 Å². The summed E-state index contributed by atoms with van der Waals surface area (Å²) in [5.74, 6) is 0.794. The Balaban J connectivity index is 0.000000186. The summed E-state index contributed by atoms with van der Waals surface area (Å²) in [5, 5.41) is 7.51. The lowest BCUT2D eigenvalue weighted by Gasteiger charge is -2.48. The molecule has 0 saturated carbocycles. The molecule has 0 radical (unpaired) electrons. The number of benzene rings is 1. The van der Waals surface area contributed by atoms with E-state index in [0.717, 1.165) is 60.1 Å². The SMILES string of the molecule is C=C.CC1NC2(CCN(C)CC2)Nc2ccc(Br)cc21.COC1=CCC(OC)c2[nH]c(C=O)cc21. The van der Waals surface area contributed by atoms with Crippen LogP contribution >= 0.6 is 15.9 Å². The van der Waals surface area contributed by atoms with E-state index in [-0.39, 0.29) is 11.8 Å². The van der Waals surface area contributed by atoms with Crippen LogP contribution in [0.4, 0.5) is 5.69 Å². The van der Waals surface area contributed by atoms with Gasteiger partial charge in [0, 0.05) is 48.4 Å². The molecule has 3 aliphatic rings. The number of hydrogen-bond donors (Lipinski definition) is 3. The summed E-state index contributed by atoms with van der Waals surface area (Å²) in [6.07, 6.45) is 5.81. The molecule has 5 rings (SSSR count). The van der Waals surface area contributed by atoms with Gasteiger partial charge in [0.05, 0.1) is 24.2 Å². The summed E-state index contributed by atoms with van der Waals surface area (Å²) in [4.78, 5) is 16.1. The van der Waals surface area contributed by atoms with Crippen molar-refractivity contribution in [2.24, 2.45) is 0 Å². The fourth-order valence-corrected chi connectivity index (χ4v) is 5.30. The number of likely N-dealkylation sites (tertiary alicyclic amines) is 1. The monoisotopic (exact) mass is 544 g/mol. The Hall–Kier alpha value is -2.39. The van der Waals surface area contributed by atoms with Gasteiger partial charge in [-0.1, -0.05) is 15.9 Å². The molecule has 1 aromatic carbocycles. The minimum atomic E-state index is -0.0207. The molecule has 0 bridgehead atoms. The van der Waals surface area contributed by atoms with Gasteiger partial charge in [0.15, 0.2) is 6.29 Å². The summed E-state index contributed by atoms with van der Waals surface area (Å²) in [6, 6.07) is 8.70. The number of carbonyl (C=O) groups excluding carboxylic acids is 1. The standard InChI is InChI=1S/C14H20BrN3.C11H13NO3.C2H4/c1-10-12-9-11(15)3-4-13(12)17-14(16-10)5-7-18(2)8-6-14;1-14-9-3-4-10(15-2)11-8(9)5-7(6-13)12-11;1-2/h3-4,9-10,16-17H,5-8H2,1-2H3;3,5-6,10,12H,4H2,1-2H3;1-2H2. The fraction of sp³-hybridized carbons (Fsp3) is 0.444. The molecular weight excluding hydrogens is 508 g/mol. The maximum Gasteiger partial charge on any atom is 0.166 e. The van der Waals surface area contributed by atoms with Crippen LogP contribution in [0.15, 0.2) is 48.0 Å². The molecule has 0 amide bonds. The maximum atomic E-state index is 10.7. The predicted octanol–water partition coefficient (Wildman–Crippen LogP) is 5.66. The first-order valence-corrected chi connectivity index (χ1v) is 12.7. The van der Waals surface area contributed by atoms with Gasteiger partial charge in [-0.05, 0) is 62.7 Å². The summed E-state index contributed by atoms with van der Waals surface area (Å²) in [7, 11) is 5.47. The van der Waals surface area contributed by atoms with Crippen LogP contribution < -0.4 is 10.6 Å². The molecule has 2 unspecified atom stereocenters. The van der Waals surface area contributed by atoms with Crippen molar-refractivity contribution >= 4 is 33.7 Å². The Bertz CT molecular complexity index is 1040. The van der Waals surface area contributed by atoms with Crippen molar-refractivity contribution in [2.45, 2.75) is 44.0 Å². The largest absolute Gasteiger partial charge is 0.496 e. The summed E-state index contributed by atoms with van der Waals surface area (Å²) < 4.78 is 11.7. The Morgan fingerprint density at radius 1 is 1.20 bits per heavy atom. The molecule has 1 saturated heterocycles. The second kappa shape index (κ2) is 12.0. The van der Waals surface area contributed by atoms with Crippen molar-refractivity contribution in [3.8, 4) is 0 Å². The second-order valence-electron chi connectivity index (χ2n) is 9.01. The third kappa shape index (κ3) is 6.06. The van der Waals surface area contributed by atoms with Gasteiger partial charge in [0.2, 0.25) is 0 Å². The third-order valence-electron chi connectivity index (χ3n) is 6.79. The highest BCUT2D eigenvalue weighted by Crippen LogP contribution is 2.37. The van der Waals surface area contributed by atoms with Crippen LogP contribution in [-0.2, 0) is 9.47 Å². The number of aromatic nitrogens is 1. The van der Waals surface area contributed by atoms with Crippen molar-refractivity contribution in [2.75, 3.05) is 39.7 Å². The van der Waals surface area contributed by atoms with E-state index in [1.165, 1.54) is 11.3 Å². The van der Waals surface area contributed by atoms with Crippen LogP contribution in [0.2, 0.25) is 0 Å². The molecule has 2 atom stereocenters. The van der Waals surface area contributed by atoms with Crippen LogP contribution in [-0.4, -0.2) is 56.2 Å². The first-order valence-electron chi connectivity index (χ1n) is 11.9. The van der Waals surface area contributed by atoms with E-state index in [4.69, 9.17) is 9.47 Å². The van der Waals surface area contributed by atoms with Gasteiger partial charge in [-0.15, -0.1) is 13.2 Å². The molecule has 1 spiro atoms. The summed E-state index contributed by atoms with van der Waals surface area (Å²) >= 11 is 3.55. The average Bonchev–Trinajstić information content (AvgIpc) is 3.32. The third-order valence-corrected chi connectivity index (χ3v) is 7.29. The molecule has 1 fully saturated rings. The Labute approximate surface area is 217 Å². The van der Waals surface area contributed by atoms with E-state index in [1.807, 2.05) is 6.08 Å². The van der Waals surface area contributed by atoms with Gasteiger partial charge >= 0.3 is 0 Å². The highest BCUT2D eigenvalue weighted by Gasteiger charge is 2.38. The molecule has 2 aromatic rings. The van der Waals surface area contributed by atoms with Gasteiger partial charge in [-0.2, -0.15) is 0 Å². The number of nitrogens with zero attached hydrogens (tertiary/aromatic N) is 1. The molecule has 1 aromatic heterocycles. The number of methoxy groups -OCH3 is 2. The molecule has 8 heteroatoms.